The van der Waals surface area contributed by atoms with E-state index in [-0.39, 0.29) is 0 Å². The lowest BCUT2D eigenvalue weighted by Crippen LogP contribution is -1.89. The van der Waals surface area contributed by atoms with Gasteiger partial charge in [0.25, 0.3) is 0 Å². The Kier molecular flexibility index (Phi) is 2.94. The van der Waals surface area contributed by atoms with Gasteiger partial charge in [-0.1, -0.05) is 6.07 Å². The van der Waals surface area contributed by atoms with E-state index in [0.29, 0.717) is 5.88 Å². The summed E-state index contributed by atoms with van der Waals surface area (Å²) in [4.78, 5) is 9.31. The molecule has 0 aliphatic rings. The summed E-state index contributed by atoms with van der Waals surface area (Å²) in [5.41, 5.74) is 0. The smallest absolute Gasteiger partial charge is 0.231 e. The maximum atomic E-state index is 5.78. The molecule has 0 N–H and O–H groups in total. The highest BCUT2D eigenvalue weighted by Gasteiger charge is 2.06. The molecule has 3 nitrogen and oxygen atoms in total. The van der Waals surface area contributed by atoms with Crippen LogP contribution >= 0.6 is 33.9 Å². The van der Waals surface area contributed by atoms with Crippen LogP contribution in [0, 0.1) is 3.57 Å². The lowest BCUT2D eigenvalue weighted by molar-refractivity contribution is 0.468. The predicted molar refractivity (Wildman–Crippen MR) is 76.6 cm³/mol. The first kappa shape index (κ1) is 10.9. The largest absolute Gasteiger partial charge is 0.438 e. The summed E-state index contributed by atoms with van der Waals surface area (Å²) in [5.74, 6) is 1.40. The van der Waals surface area contributed by atoms with Crippen molar-refractivity contribution in [2.45, 2.75) is 0 Å². The van der Waals surface area contributed by atoms with E-state index in [0.717, 1.165) is 19.5 Å². The minimum atomic E-state index is 0.609. The number of nitrogens with zero attached hydrogens (tertiary/aromatic N) is 2. The topological polar surface area (TPSA) is 35.0 Å². The van der Waals surface area contributed by atoms with Crippen molar-refractivity contribution in [3.8, 4) is 11.6 Å². The van der Waals surface area contributed by atoms with Crippen molar-refractivity contribution < 1.29 is 4.74 Å². The SMILES string of the molecule is Ic1cccc(Oc2ncnc3sccc23)c1. The molecule has 3 rings (SSSR count). The van der Waals surface area contributed by atoms with Crippen LogP contribution in [-0.4, -0.2) is 9.97 Å². The number of aromatic nitrogens is 2. The molecule has 0 saturated carbocycles. The number of thiophene rings is 1. The molecule has 3 aromatic rings. The average molecular weight is 354 g/mol. The van der Waals surface area contributed by atoms with Gasteiger partial charge in [-0.25, -0.2) is 9.97 Å². The summed E-state index contributed by atoms with van der Waals surface area (Å²) >= 11 is 3.84. The van der Waals surface area contributed by atoms with Crippen LogP contribution < -0.4 is 4.74 Å². The van der Waals surface area contributed by atoms with Crippen molar-refractivity contribution in [1.29, 1.82) is 0 Å². The first-order chi connectivity index (χ1) is 8.33. The number of benzene rings is 1. The second-order valence-corrected chi connectivity index (χ2v) is 5.52. The normalized spacial score (nSPS) is 10.6. The number of rotatable bonds is 2. The Hall–Kier alpha value is -1.21. The highest BCUT2D eigenvalue weighted by Crippen LogP contribution is 2.29. The lowest BCUT2D eigenvalue weighted by Gasteiger charge is -2.05. The number of fused-ring (bicyclic) bond motifs is 1. The zero-order valence-electron chi connectivity index (χ0n) is 8.63. The van der Waals surface area contributed by atoms with E-state index >= 15 is 0 Å². The average Bonchev–Trinajstić information content (AvgIpc) is 2.78. The Morgan fingerprint density at radius 1 is 1.18 bits per heavy atom. The van der Waals surface area contributed by atoms with E-state index in [2.05, 4.69) is 32.6 Å². The van der Waals surface area contributed by atoms with E-state index in [9.17, 15) is 0 Å². The standard InChI is InChI=1S/C12H7IN2OS/c13-8-2-1-3-9(6-8)16-11-10-4-5-17-12(10)15-7-14-11/h1-7H. The Balaban J connectivity index is 2.02. The van der Waals surface area contributed by atoms with Crippen molar-refractivity contribution in [2.24, 2.45) is 0 Å². The van der Waals surface area contributed by atoms with E-state index in [4.69, 9.17) is 4.74 Å². The summed E-state index contributed by atoms with van der Waals surface area (Å²) in [6, 6.07) is 9.85. The summed E-state index contributed by atoms with van der Waals surface area (Å²) < 4.78 is 6.92. The van der Waals surface area contributed by atoms with Gasteiger partial charge in [0.05, 0.1) is 5.39 Å². The molecule has 1 aromatic carbocycles. The molecule has 0 unspecified atom stereocenters. The van der Waals surface area contributed by atoms with Gasteiger partial charge in [0.1, 0.15) is 16.9 Å². The van der Waals surface area contributed by atoms with Crippen LogP contribution in [0.5, 0.6) is 11.6 Å². The van der Waals surface area contributed by atoms with Crippen LogP contribution in [0.25, 0.3) is 10.2 Å². The molecule has 0 saturated heterocycles. The first-order valence-corrected chi connectivity index (χ1v) is 6.90. The van der Waals surface area contributed by atoms with Crippen molar-refractivity contribution in [1.82, 2.24) is 9.97 Å². The highest BCUT2D eigenvalue weighted by atomic mass is 127. The van der Waals surface area contributed by atoms with Crippen LogP contribution in [0.1, 0.15) is 0 Å². The van der Waals surface area contributed by atoms with Gasteiger partial charge >= 0.3 is 0 Å². The molecule has 0 amide bonds. The van der Waals surface area contributed by atoms with Gasteiger partial charge in [0, 0.05) is 3.57 Å². The fourth-order valence-electron chi connectivity index (χ4n) is 1.49. The highest BCUT2D eigenvalue weighted by molar-refractivity contribution is 14.1. The maximum absolute atomic E-state index is 5.78. The van der Waals surface area contributed by atoms with E-state index in [1.165, 1.54) is 6.33 Å². The molecular weight excluding hydrogens is 347 g/mol. The second kappa shape index (κ2) is 4.58. The molecule has 0 bridgehead atoms. The Bertz CT molecular complexity index is 668. The third-order valence-corrected chi connectivity index (χ3v) is 3.73. The van der Waals surface area contributed by atoms with E-state index < -0.39 is 0 Å². The summed E-state index contributed by atoms with van der Waals surface area (Å²) in [6.45, 7) is 0. The van der Waals surface area contributed by atoms with Gasteiger partial charge in [-0.2, -0.15) is 0 Å². The number of ether oxygens (including phenoxy) is 1. The summed E-state index contributed by atoms with van der Waals surface area (Å²) in [6.07, 6.45) is 1.53. The molecule has 2 aromatic heterocycles. The molecular formula is C12H7IN2OS. The van der Waals surface area contributed by atoms with Crippen LogP contribution in [0.15, 0.2) is 42.0 Å². The van der Waals surface area contributed by atoms with Gasteiger partial charge in [-0.3, -0.25) is 0 Å². The first-order valence-electron chi connectivity index (χ1n) is 4.94. The maximum Gasteiger partial charge on any atom is 0.231 e. The number of hydrogen-bond acceptors (Lipinski definition) is 4. The van der Waals surface area contributed by atoms with Gasteiger partial charge in [-0.05, 0) is 52.2 Å². The second-order valence-electron chi connectivity index (χ2n) is 3.38. The summed E-state index contributed by atoms with van der Waals surface area (Å²) in [5, 5.41) is 2.94. The monoisotopic (exact) mass is 354 g/mol. The van der Waals surface area contributed by atoms with Crippen LogP contribution in [0.4, 0.5) is 0 Å². The van der Waals surface area contributed by atoms with Crippen molar-refractivity contribution >= 4 is 44.1 Å². The Morgan fingerprint density at radius 2 is 2.12 bits per heavy atom. The quantitative estimate of drug-likeness (QED) is 0.651. The Labute approximate surface area is 116 Å². The van der Waals surface area contributed by atoms with Gasteiger partial charge < -0.3 is 4.74 Å². The van der Waals surface area contributed by atoms with E-state index in [1.54, 1.807) is 11.3 Å². The van der Waals surface area contributed by atoms with Crippen molar-refractivity contribution in [2.75, 3.05) is 0 Å². The van der Waals surface area contributed by atoms with Crippen LogP contribution in [-0.2, 0) is 0 Å². The molecule has 2 heterocycles. The van der Waals surface area contributed by atoms with Gasteiger partial charge in [0.2, 0.25) is 5.88 Å². The minimum absolute atomic E-state index is 0.609. The van der Waals surface area contributed by atoms with Crippen molar-refractivity contribution in [3.63, 3.8) is 0 Å². The molecule has 5 heteroatoms. The predicted octanol–water partition coefficient (Wildman–Crippen LogP) is 4.09. The summed E-state index contributed by atoms with van der Waals surface area (Å²) in [7, 11) is 0. The molecule has 17 heavy (non-hydrogen) atoms. The molecule has 0 fully saturated rings. The third kappa shape index (κ3) is 2.25. The van der Waals surface area contributed by atoms with E-state index in [1.807, 2.05) is 35.7 Å². The zero-order chi connectivity index (χ0) is 11.7. The van der Waals surface area contributed by atoms with Gasteiger partial charge in [0.15, 0.2) is 0 Å². The van der Waals surface area contributed by atoms with Gasteiger partial charge in [-0.15, -0.1) is 11.3 Å². The molecule has 84 valence electrons. The number of hydrogen-bond donors (Lipinski definition) is 0. The zero-order valence-corrected chi connectivity index (χ0v) is 11.6. The molecule has 0 radical (unpaired) electrons. The minimum Gasteiger partial charge on any atom is -0.438 e. The molecule has 0 atom stereocenters. The van der Waals surface area contributed by atoms with Crippen LogP contribution in [0.2, 0.25) is 0 Å². The number of halogens is 1. The van der Waals surface area contributed by atoms with Crippen molar-refractivity contribution in [3.05, 3.63) is 45.6 Å². The Morgan fingerprint density at radius 3 is 3.00 bits per heavy atom. The third-order valence-electron chi connectivity index (χ3n) is 2.24. The molecule has 0 aliphatic carbocycles. The molecule has 0 spiro atoms. The molecule has 0 aliphatic heterocycles. The van der Waals surface area contributed by atoms with Crippen LogP contribution in [0.3, 0.4) is 0 Å². The fraction of sp³-hybridized carbons (Fsp3) is 0. The lowest BCUT2D eigenvalue weighted by atomic mass is 10.3. The fourth-order valence-corrected chi connectivity index (χ4v) is 2.73.